The largest absolute Gasteiger partial charge is 0.512 e. The maximum absolute atomic E-state index is 13.3. The molecule has 1 aliphatic carbocycles. The molecule has 0 spiro atoms. The maximum Gasteiger partial charge on any atom is 0.195 e. The van der Waals surface area contributed by atoms with Crippen LogP contribution < -0.4 is 0 Å². The minimum Gasteiger partial charge on any atom is -0.512 e. The Hall–Kier alpha value is -3.40. The monoisotopic (exact) mass is 641 g/mol. The van der Waals surface area contributed by atoms with E-state index in [1.165, 1.54) is 25.5 Å². The molecule has 1 N–H and O–H groups in total. The van der Waals surface area contributed by atoms with Gasteiger partial charge in [-0.05, 0) is 60.0 Å². The first-order valence-corrected chi connectivity index (χ1v) is 11.1. The van der Waals surface area contributed by atoms with Gasteiger partial charge in [-0.2, -0.15) is 0 Å². The Labute approximate surface area is 219 Å². The molecular weight excluding hydrogens is 615 g/mol. The van der Waals surface area contributed by atoms with E-state index in [0.717, 1.165) is 55.4 Å². The Bertz CT molecular complexity index is 1480. The molecule has 1 aromatic heterocycles. The van der Waals surface area contributed by atoms with Crippen molar-refractivity contribution in [3.8, 4) is 22.4 Å². The molecule has 0 saturated heterocycles. The zero-order chi connectivity index (χ0) is 24.6. The van der Waals surface area contributed by atoms with Crippen LogP contribution in [-0.2, 0) is 24.9 Å². The van der Waals surface area contributed by atoms with Crippen molar-refractivity contribution in [2.75, 3.05) is 0 Å². The van der Waals surface area contributed by atoms with Gasteiger partial charge in [-0.25, -0.2) is 0 Å². The molecule has 0 bridgehead atoms. The number of hydrogen-bond acceptors (Lipinski definition) is 4. The van der Waals surface area contributed by atoms with Crippen molar-refractivity contribution in [1.29, 1.82) is 0 Å². The molecule has 0 amide bonds. The van der Waals surface area contributed by atoms with Crippen LogP contribution in [0.5, 0.6) is 0 Å². The molecule has 179 valence electrons. The van der Waals surface area contributed by atoms with Crippen LogP contribution in [0.1, 0.15) is 46.5 Å². The van der Waals surface area contributed by atoms with Gasteiger partial charge in [0.25, 0.3) is 0 Å². The molecule has 35 heavy (non-hydrogen) atoms. The van der Waals surface area contributed by atoms with Crippen molar-refractivity contribution in [1.82, 2.24) is 4.98 Å². The summed E-state index contributed by atoms with van der Waals surface area (Å²) in [4.78, 5) is 27.9. The van der Waals surface area contributed by atoms with Crippen molar-refractivity contribution in [3.05, 3.63) is 100 Å². The standard InChI is InChI=1S/C25H18NO.C5H8O2.Ir/c1-14-11-15(2)13-17(12-14)24-21-8-7-19-18-6-4-5-16(3)22(18)25(27)23(19)20(21)9-10-26-24;1-4(6)3-5(2)7;/h4-12H,1-3H3;3,6H,1-2H3;/q-1;;/b;4-3-;. The number of hydrogen-bond donors (Lipinski definition) is 1. The first-order chi connectivity index (χ1) is 16.2. The minimum atomic E-state index is -0.125. The number of carbonyl (C=O) groups is 2. The fraction of sp³-hybridized carbons (Fsp3) is 0.167. The van der Waals surface area contributed by atoms with Gasteiger partial charge in [0.2, 0.25) is 0 Å². The van der Waals surface area contributed by atoms with Gasteiger partial charge in [-0.1, -0.05) is 44.2 Å². The van der Waals surface area contributed by atoms with Gasteiger partial charge in [-0.3, -0.25) is 9.59 Å². The molecular formula is C30H26IrNO3-. The Balaban J connectivity index is 0.000000378. The summed E-state index contributed by atoms with van der Waals surface area (Å²) in [5.74, 6) is 0.0535. The summed E-state index contributed by atoms with van der Waals surface area (Å²) in [7, 11) is 0. The fourth-order valence-corrected chi connectivity index (χ4v) is 4.57. The number of allylic oxidation sites excluding steroid dienone is 2. The van der Waals surface area contributed by atoms with Crippen LogP contribution in [0.2, 0.25) is 0 Å². The molecule has 5 rings (SSSR count). The van der Waals surface area contributed by atoms with Crippen molar-refractivity contribution >= 4 is 22.3 Å². The second-order valence-electron chi connectivity index (χ2n) is 8.72. The number of fused-ring (bicyclic) bond motifs is 5. The predicted octanol–water partition coefficient (Wildman–Crippen LogP) is 6.87. The third-order valence-corrected chi connectivity index (χ3v) is 5.78. The fourth-order valence-electron chi connectivity index (χ4n) is 4.57. The average Bonchev–Trinajstić information content (AvgIpc) is 3.06. The van der Waals surface area contributed by atoms with Gasteiger partial charge >= 0.3 is 0 Å². The van der Waals surface area contributed by atoms with Crippen LogP contribution >= 0.6 is 0 Å². The van der Waals surface area contributed by atoms with Gasteiger partial charge in [0.1, 0.15) is 0 Å². The number of nitrogens with zero attached hydrogens (tertiary/aromatic N) is 1. The molecule has 4 nitrogen and oxygen atoms in total. The number of carbonyl (C=O) groups excluding carboxylic acids is 2. The molecule has 1 heterocycles. The molecule has 0 unspecified atom stereocenters. The number of benzene rings is 3. The summed E-state index contributed by atoms with van der Waals surface area (Å²) in [5.41, 5.74) is 8.82. The molecule has 1 aliphatic rings. The van der Waals surface area contributed by atoms with Gasteiger partial charge in [-0.15, -0.1) is 34.9 Å². The van der Waals surface area contributed by atoms with Crippen LogP contribution in [0.15, 0.2) is 66.6 Å². The van der Waals surface area contributed by atoms with E-state index in [0.29, 0.717) is 0 Å². The zero-order valence-corrected chi connectivity index (χ0v) is 22.7. The van der Waals surface area contributed by atoms with E-state index in [9.17, 15) is 9.59 Å². The second-order valence-corrected chi connectivity index (χ2v) is 8.72. The summed E-state index contributed by atoms with van der Waals surface area (Å²) in [6, 6.07) is 19.8. The van der Waals surface area contributed by atoms with Crippen LogP contribution in [-0.4, -0.2) is 21.7 Å². The van der Waals surface area contributed by atoms with Crippen LogP contribution in [0.25, 0.3) is 33.2 Å². The quantitative estimate of drug-likeness (QED) is 0.130. The van der Waals surface area contributed by atoms with Gasteiger partial charge in [0.05, 0.1) is 5.76 Å². The van der Waals surface area contributed by atoms with Gasteiger partial charge in [0.15, 0.2) is 11.6 Å². The van der Waals surface area contributed by atoms with E-state index < -0.39 is 0 Å². The third kappa shape index (κ3) is 5.17. The van der Waals surface area contributed by atoms with E-state index in [-0.39, 0.29) is 37.4 Å². The third-order valence-electron chi connectivity index (χ3n) is 5.78. The minimum absolute atomic E-state index is 0. The van der Waals surface area contributed by atoms with Crippen LogP contribution in [0.4, 0.5) is 0 Å². The average molecular weight is 641 g/mol. The van der Waals surface area contributed by atoms with E-state index in [4.69, 9.17) is 5.11 Å². The van der Waals surface area contributed by atoms with Crippen LogP contribution in [0, 0.1) is 26.8 Å². The Morgan fingerprint density at radius 3 is 2.29 bits per heavy atom. The first-order valence-electron chi connectivity index (χ1n) is 11.1. The van der Waals surface area contributed by atoms with E-state index in [1.54, 1.807) is 6.20 Å². The predicted molar refractivity (Wildman–Crippen MR) is 136 cm³/mol. The normalized spacial score (nSPS) is 11.8. The molecule has 5 heteroatoms. The number of pyridine rings is 1. The topological polar surface area (TPSA) is 67.3 Å². The summed E-state index contributed by atoms with van der Waals surface area (Å²) < 4.78 is 0. The number of aromatic nitrogens is 1. The molecule has 0 fully saturated rings. The summed E-state index contributed by atoms with van der Waals surface area (Å²) >= 11 is 0. The smallest absolute Gasteiger partial charge is 0.195 e. The Morgan fingerprint density at radius 2 is 1.66 bits per heavy atom. The van der Waals surface area contributed by atoms with E-state index in [1.807, 2.05) is 38.1 Å². The number of rotatable bonds is 2. The molecule has 0 atom stereocenters. The van der Waals surface area contributed by atoms with Gasteiger partial charge in [0, 0.05) is 43.5 Å². The summed E-state index contributed by atoms with van der Waals surface area (Å²) in [6.07, 6.45) is 2.96. The van der Waals surface area contributed by atoms with Crippen molar-refractivity contribution in [2.24, 2.45) is 0 Å². The van der Waals surface area contributed by atoms with Gasteiger partial charge < -0.3 is 10.1 Å². The van der Waals surface area contributed by atoms with Crippen LogP contribution in [0.3, 0.4) is 0 Å². The number of aliphatic hydroxyl groups is 1. The molecule has 3 aromatic carbocycles. The molecule has 0 aliphatic heterocycles. The SMILES string of the molecule is CC(=O)/C=C(/C)O.Cc1[c-]c(-c2nccc3c4c(ccc23)-c2cccc(C)c2C4=O)cc(C)c1.[Ir]. The number of aryl methyl sites for hydroxylation is 3. The molecule has 4 aromatic rings. The number of aliphatic hydroxyl groups excluding tert-OH is 1. The second kappa shape index (κ2) is 10.5. The molecule has 1 radical (unpaired) electrons. The maximum atomic E-state index is 13.3. The van der Waals surface area contributed by atoms with Crippen molar-refractivity contribution < 1.29 is 34.8 Å². The first kappa shape index (κ1) is 26.2. The zero-order valence-electron chi connectivity index (χ0n) is 20.3. The van der Waals surface area contributed by atoms with Crippen molar-refractivity contribution in [3.63, 3.8) is 0 Å². The molecule has 0 saturated carbocycles. The Morgan fingerprint density at radius 1 is 0.943 bits per heavy atom. The van der Waals surface area contributed by atoms with E-state index in [2.05, 4.69) is 42.2 Å². The van der Waals surface area contributed by atoms with Crippen molar-refractivity contribution in [2.45, 2.75) is 34.6 Å². The summed E-state index contributed by atoms with van der Waals surface area (Å²) in [5, 5.41) is 10.3. The van der Waals surface area contributed by atoms with E-state index >= 15 is 0 Å². The number of ketones is 2. The summed E-state index contributed by atoms with van der Waals surface area (Å²) in [6.45, 7) is 8.97. The Kier molecular flexibility index (Phi) is 7.84.